The third-order valence-corrected chi connectivity index (χ3v) is 6.17. The maximum absolute atomic E-state index is 13.0. The van der Waals surface area contributed by atoms with Crippen molar-refractivity contribution in [3.8, 4) is 12.3 Å². The van der Waals surface area contributed by atoms with Crippen molar-refractivity contribution in [1.82, 2.24) is 19.8 Å². The molecule has 8 heteroatoms. The maximum Gasteiger partial charge on any atom is 0.410 e. The highest BCUT2D eigenvalue weighted by Crippen LogP contribution is 2.24. The number of amides is 2. The van der Waals surface area contributed by atoms with Gasteiger partial charge >= 0.3 is 6.09 Å². The molecule has 1 N–H and O–H groups in total. The molecule has 1 aromatic carbocycles. The SMILES string of the molecule is C#CCCN(CC(=O)N1CCc2nc(NC3Cc4ccccc4C3)ncc2C1)C(=O)OC(C)(C)C. The Morgan fingerprint density at radius 2 is 1.94 bits per heavy atom. The largest absolute Gasteiger partial charge is 0.444 e. The molecular weight excluding hydrogens is 442 g/mol. The Hall–Kier alpha value is -3.60. The van der Waals surface area contributed by atoms with Crippen LogP contribution in [0, 0.1) is 12.3 Å². The number of hydrogen-bond acceptors (Lipinski definition) is 6. The predicted octanol–water partition coefficient (Wildman–Crippen LogP) is 3.20. The number of hydrogen-bond donors (Lipinski definition) is 1. The average molecular weight is 476 g/mol. The molecule has 0 saturated heterocycles. The molecule has 184 valence electrons. The highest BCUT2D eigenvalue weighted by atomic mass is 16.6. The molecule has 2 aromatic rings. The number of anilines is 1. The Morgan fingerprint density at radius 3 is 2.60 bits per heavy atom. The summed E-state index contributed by atoms with van der Waals surface area (Å²) in [6.45, 7) is 6.53. The van der Waals surface area contributed by atoms with Crippen LogP contribution in [0.25, 0.3) is 0 Å². The van der Waals surface area contributed by atoms with Gasteiger partial charge in [-0.2, -0.15) is 0 Å². The summed E-state index contributed by atoms with van der Waals surface area (Å²) in [4.78, 5) is 38.0. The molecule has 2 heterocycles. The first kappa shape index (κ1) is 24.5. The minimum Gasteiger partial charge on any atom is -0.444 e. The lowest BCUT2D eigenvalue weighted by atomic mass is 10.1. The summed E-state index contributed by atoms with van der Waals surface area (Å²) < 4.78 is 5.45. The second-order valence-corrected chi connectivity index (χ2v) is 10.1. The Morgan fingerprint density at radius 1 is 1.23 bits per heavy atom. The summed E-state index contributed by atoms with van der Waals surface area (Å²) >= 11 is 0. The van der Waals surface area contributed by atoms with Gasteiger partial charge in [-0.3, -0.25) is 9.69 Å². The van der Waals surface area contributed by atoms with Crippen molar-refractivity contribution in [2.45, 2.75) is 64.6 Å². The highest BCUT2D eigenvalue weighted by molar-refractivity contribution is 5.82. The predicted molar refractivity (Wildman–Crippen MR) is 134 cm³/mol. The summed E-state index contributed by atoms with van der Waals surface area (Å²) in [5.74, 6) is 3.00. The zero-order valence-corrected chi connectivity index (χ0v) is 20.7. The summed E-state index contributed by atoms with van der Waals surface area (Å²) in [6, 6.07) is 8.78. The van der Waals surface area contributed by atoms with E-state index in [1.54, 1.807) is 31.9 Å². The van der Waals surface area contributed by atoms with Crippen LogP contribution in [-0.4, -0.2) is 63.0 Å². The molecule has 0 fully saturated rings. The van der Waals surface area contributed by atoms with Gasteiger partial charge in [0.05, 0.1) is 5.69 Å². The van der Waals surface area contributed by atoms with E-state index in [-0.39, 0.29) is 25.0 Å². The van der Waals surface area contributed by atoms with Gasteiger partial charge in [-0.1, -0.05) is 24.3 Å². The molecule has 1 aliphatic heterocycles. The number of nitrogens with one attached hydrogen (secondary N) is 1. The molecule has 0 radical (unpaired) electrons. The summed E-state index contributed by atoms with van der Waals surface area (Å²) in [5.41, 5.74) is 3.98. The van der Waals surface area contributed by atoms with Crippen molar-refractivity contribution in [3.63, 3.8) is 0 Å². The van der Waals surface area contributed by atoms with E-state index in [1.807, 2.05) is 0 Å². The molecular formula is C27H33N5O3. The summed E-state index contributed by atoms with van der Waals surface area (Å²) in [7, 11) is 0. The monoisotopic (exact) mass is 475 g/mol. The van der Waals surface area contributed by atoms with Crippen LogP contribution in [0.5, 0.6) is 0 Å². The molecule has 0 spiro atoms. The molecule has 4 rings (SSSR count). The number of fused-ring (bicyclic) bond motifs is 2. The lowest BCUT2D eigenvalue weighted by Gasteiger charge is -2.31. The number of carbonyl (C=O) groups is 2. The molecule has 1 aromatic heterocycles. The summed E-state index contributed by atoms with van der Waals surface area (Å²) in [6.07, 6.45) is 9.56. The Bertz CT molecular complexity index is 1110. The number of nitrogens with zero attached hydrogens (tertiary/aromatic N) is 4. The number of terminal acetylenes is 1. The van der Waals surface area contributed by atoms with Gasteiger partial charge in [0.1, 0.15) is 12.1 Å². The molecule has 0 bridgehead atoms. The van der Waals surface area contributed by atoms with Gasteiger partial charge < -0.3 is 15.0 Å². The Balaban J connectivity index is 1.35. The van der Waals surface area contributed by atoms with Gasteiger partial charge in [-0.05, 0) is 44.7 Å². The van der Waals surface area contributed by atoms with E-state index in [1.165, 1.54) is 16.0 Å². The third kappa shape index (κ3) is 6.30. The van der Waals surface area contributed by atoms with E-state index in [9.17, 15) is 9.59 Å². The van der Waals surface area contributed by atoms with Crippen molar-refractivity contribution in [2.75, 3.05) is 25.0 Å². The topological polar surface area (TPSA) is 87.7 Å². The van der Waals surface area contributed by atoms with Gasteiger partial charge in [-0.25, -0.2) is 14.8 Å². The van der Waals surface area contributed by atoms with Crippen LogP contribution in [0.4, 0.5) is 10.7 Å². The van der Waals surface area contributed by atoms with Crippen LogP contribution >= 0.6 is 0 Å². The second-order valence-electron chi connectivity index (χ2n) is 10.1. The van der Waals surface area contributed by atoms with Crippen molar-refractivity contribution in [1.29, 1.82) is 0 Å². The second kappa shape index (κ2) is 10.3. The van der Waals surface area contributed by atoms with Crippen molar-refractivity contribution in [3.05, 3.63) is 52.8 Å². The van der Waals surface area contributed by atoms with Gasteiger partial charge in [0.2, 0.25) is 11.9 Å². The van der Waals surface area contributed by atoms with Crippen LogP contribution in [-0.2, 0) is 35.3 Å². The standard InChI is InChI=1S/C27H33N5O3/c1-5-6-12-32(26(34)35-27(2,3)4)18-24(33)31-13-11-23-21(17-31)16-28-25(30-23)29-22-14-19-9-7-8-10-20(19)15-22/h1,7-10,16,22H,6,11-15,17-18H2,2-4H3,(H,28,29,30). The number of benzene rings is 1. The molecule has 0 saturated carbocycles. The smallest absolute Gasteiger partial charge is 0.410 e. The molecule has 2 amide bonds. The Labute approximate surface area is 207 Å². The highest BCUT2D eigenvalue weighted by Gasteiger charge is 2.28. The van der Waals surface area contributed by atoms with E-state index in [0.717, 1.165) is 24.1 Å². The molecule has 35 heavy (non-hydrogen) atoms. The zero-order valence-electron chi connectivity index (χ0n) is 20.7. The van der Waals surface area contributed by atoms with Crippen LogP contribution in [0.15, 0.2) is 30.5 Å². The van der Waals surface area contributed by atoms with Gasteiger partial charge in [-0.15, -0.1) is 12.3 Å². The average Bonchev–Trinajstić information content (AvgIpc) is 3.22. The van der Waals surface area contributed by atoms with E-state index < -0.39 is 11.7 Å². The van der Waals surface area contributed by atoms with Gasteiger partial charge in [0.25, 0.3) is 0 Å². The van der Waals surface area contributed by atoms with E-state index >= 15 is 0 Å². The van der Waals surface area contributed by atoms with E-state index in [0.29, 0.717) is 31.9 Å². The fourth-order valence-corrected chi connectivity index (χ4v) is 4.47. The summed E-state index contributed by atoms with van der Waals surface area (Å²) in [5, 5.41) is 3.47. The molecule has 1 aliphatic carbocycles. The first-order chi connectivity index (χ1) is 16.7. The normalized spacial score (nSPS) is 15.1. The van der Waals surface area contributed by atoms with Gasteiger partial charge in [0.15, 0.2) is 0 Å². The van der Waals surface area contributed by atoms with Crippen LogP contribution in [0.2, 0.25) is 0 Å². The van der Waals surface area contributed by atoms with Crippen molar-refractivity contribution in [2.24, 2.45) is 0 Å². The minimum absolute atomic E-state index is 0.0747. The minimum atomic E-state index is -0.650. The third-order valence-electron chi connectivity index (χ3n) is 6.17. The number of ether oxygens (including phenoxy) is 1. The van der Waals surface area contributed by atoms with Crippen LogP contribution in [0.1, 0.15) is 49.6 Å². The zero-order chi connectivity index (χ0) is 25.0. The Kier molecular flexibility index (Phi) is 7.25. The van der Waals surface area contributed by atoms with E-state index in [2.05, 4.69) is 40.5 Å². The first-order valence-corrected chi connectivity index (χ1v) is 12.1. The first-order valence-electron chi connectivity index (χ1n) is 12.1. The molecule has 8 nitrogen and oxygen atoms in total. The van der Waals surface area contributed by atoms with E-state index in [4.69, 9.17) is 16.1 Å². The fraction of sp³-hybridized carbons (Fsp3) is 0.481. The molecule has 0 unspecified atom stereocenters. The number of aromatic nitrogens is 2. The number of rotatable bonds is 6. The lowest BCUT2D eigenvalue weighted by molar-refractivity contribution is -0.133. The quantitative estimate of drug-likeness (QED) is 0.646. The number of carbonyl (C=O) groups excluding carboxylic acids is 2. The fourth-order valence-electron chi connectivity index (χ4n) is 4.47. The molecule has 2 aliphatic rings. The van der Waals surface area contributed by atoms with Crippen LogP contribution in [0.3, 0.4) is 0 Å². The maximum atomic E-state index is 13.0. The molecule has 0 atom stereocenters. The van der Waals surface area contributed by atoms with Crippen LogP contribution < -0.4 is 5.32 Å². The van der Waals surface area contributed by atoms with Crippen molar-refractivity contribution < 1.29 is 14.3 Å². The lowest BCUT2D eigenvalue weighted by Crippen LogP contribution is -2.46. The van der Waals surface area contributed by atoms with Gasteiger partial charge in [0, 0.05) is 50.3 Å². The van der Waals surface area contributed by atoms with Crippen molar-refractivity contribution >= 4 is 17.9 Å².